The second-order valence-corrected chi connectivity index (χ2v) is 6.11. The number of carbonyl (C=O) groups is 1. The Morgan fingerprint density at radius 1 is 1.32 bits per heavy atom. The Morgan fingerprint density at radius 3 is 3.04 bits per heavy atom. The first kappa shape index (κ1) is 15.6. The highest BCUT2D eigenvalue weighted by Crippen LogP contribution is 2.24. The summed E-state index contributed by atoms with van der Waals surface area (Å²) in [5, 5.41) is 8.12. The van der Waals surface area contributed by atoms with E-state index in [1.165, 1.54) is 12.1 Å². The molecule has 1 amide bonds. The lowest BCUT2D eigenvalue weighted by molar-refractivity contribution is 0.0679. The maximum Gasteiger partial charge on any atom is 0.292 e. The van der Waals surface area contributed by atoms with Gasteiger partial charge in [0, 0.05) is 30.6 Å². The molecule has 3 aromatic rings. The second-order valence-electron chi connectivity index (χ2n) is 6.11. The van der Waals surface area contributed by atoms with Gasteiger partial charge in [-0.15, -0.1) is 0 Å². The van der Waals surface area contributed by atoms with Gasteiger partial charge in [-0.1, -0.05) is 17.3 Å². The van der Waals surface area contributed by atoms with E-state index in [0.29, 0.717) is 24.3 Å². The molecule has 6 nitrogen and oxygen atoms in total. The van der Waals surface area contributed by atoms with E-state index in [0.717, 1.165) is 12.8 Å². The number of likely N-dealkylation sites (tertiary alicyclic amines) is 1. The molecule has 1 fully saturated rings. The number of halogens is 1. The summed E-state index contributed by atoms with van der Waals surface area (Å²) < 4.78 is 20.4. The van der Waals surface area contributed by atoms with E-state index >= 15 is 0 Å². The molecule has 1 aliphatic heterocycles. The lowest BCUT2D eigenvalue weighted by atomic mass is 10.1. The summed E-state index contributed by atoms with van der Waals surface area (Å²) in [4.78, 5) is 14.6. The molecule has 25 heavy (non-hydrogen) atoms. The molecule has 1 saturated heterocycles. The van der Waals surface area contributed by atoms with Crippen LogP contribution in [0.5, 0.6) is 0 Å². The van der Waals surface area contributed by atoms with E-state index in [1.807, 2.05) is 16.9 Å². The molecule has 0 aliphatic carbocycles. The number of carbonyl (C=O) groups excluding carboxylic acids is 1. The fraction of sp³-hybridized carbons (Fsp3) is 0.278. The van der Waals surface area contributed by atoms with Crippen molar-refractivity contribution in [3.05, 3.63) is 60.4 Å². The van der Waals surface area contributed by atoms with Crippen molar-refractivity contribution in [2.24, 2.45) is 0 Å². The fourth-order valence-corrected chi connectivity index (χ4v) is 3.22. The van der Waals surface area contributed by atoms with Gasteiger partial charge in [0.1, 0.15) is 11.5 Å². The van der Waals surface area contributed by atoms with Crippen LogP contribution in [0.4, 0.5) is 4.39 Å². The number of rotatable bonds is 4. The highest BCUT2D eigenvalue weighted by atomic mass is 19.1. The Bertz CT molecular complexity index is 875. The lowest BCUT2D eigenvalue weighted by Crippen LogP contribution is -2.38. The van der Waals surface area contributed by atoms with Crippen LogP contribution in [0.25, 0.3) is 11.3 Å². The van der Waals surface area contributed by atoms with E-state index in [4.69, 9.17) is 4.52 Å². The first-order valence-corrected chi connectivity index (χ1v) is 8.22. The van der Waals surface area contributed by atoms with Gasteiger partial charge in [0.05, 0.1) is 12.6 Å². The standard InChI is InChI=1S/C18H17FN4O2/c19-14-5-1-4-13(10-14)16-11-17(25-21-16)18(24)23-9-2-6-15(23)12-22-8-3-7-20-22/h1,3-5,7-8,10-11,15H,2,6,9,12H2/t15-/m1/s1. The summed E-state index contributed by atoms with van der Waals surface area (Å²) in [6, 6.07) is 9.56. The molecule has 3 heterocycles. The number of hydrogen-bond donors (Lipinski definition) is 0. The molecule has 1 atom stereocenters. The maximum atomic E-state index is 13.4. The van der Waals surface area contributed by atoms with Crippen LogP contribution in [0.3, 0.4) is 0 Å². The van der Waals surface area contributed by atoms with Crippen LogP contribution in [-0.4, -0.2) is 38.3 Å². The Morgan fingerprint density at radius 2 is 2.24 bits per heavy atom. The number of benzene rings is 1. The van der Waals surface area contributed by atoms with Crippen LogP contribution >= 0.6 is 0 Å². The lowest BCUT2D eigenvalue weighted by Gasteiger charge is -2.23. The molecule has 0 bridgehead atoms. The molecule has 0 N–H and O–H groups in total. The Hall–Kier alpha value is -2.96. The molecule has 2 aromatic heterocycles. The van der Waals surface area contributed by atoms with Gasteiger partial charge >= 0.3 is 0 Å². The van der Waals surface area contributed by atoms with Crippen molar-refractivity contribution in [1.82, 2.24) is 19.8 Å². The molecule has 0 spiro atoms. The number of nitrogens with zero attached hydrogens (tertiary/aromatic N) is 4. The van der Waals surface area contributed by atoms with Gasteiger partial charge in [-0.25, -0.2) is 4.39 Å². The molecule has 1 aromatic carbocycles. The summed E-state index contributed by atoms with van der Waals surface area (Å²) in [7, 11) is 0. The van der Waals surface area contributed by atoms with Crippen molar-refractivity contribution in [2.45, 2.75) is 25.4 Å². The van der Waals surface area contributed by atoms with E-state index < -0.39 is 0 Å². The first-order chi connectivity index (χ1) is 12.2. The van der Waals surface area contributed by atoms with Gasteiger partial charge in [0.25, 0.3) is 5.91 Å². The minimum absolute atomic E-state index is 0.0788. The van der Waals surface area contributed by atoms with E-state index in [1.54, 1.807) is 29.3 Å². The molecule has 0 unspecified atom stereocenters. The molecule has 4 rings (SSSR count). The predicted octanol–water partition coefficient (Wildman–Crippen LogP) is 2.98. The molecule has 128 valence electrons. The van der Waals surface area contributed by atoms with Gasteiger partial charge in [0.15, 0.2) is 0 Å². The number of amides is 1. The normalized spacial score (nSPS) is 17.2. The maximum absolute atomic E-state index is 13.4. The third-order valence-electron chi connectivity index (χ3n) is 4.44. The van der Waals surface area contributed by atoms with Crippen molar-refractivity contribution in [2.75, 3.05) is 6.54 Å². The Labute approximate surface area is 143 Å². The fourth-order valence-electron chi connectivity index (χ4n) is 3.22. The van der Waals surface area contributed by atoms with Crippen LogP contribution in [0, 0.1) is 5.82 Å². The highest BCUT2D eigenvalue weighted by molar-refractivity contribution is 5.92. The average Bonchev–Trinajstić information content (AvgIpc) is 3.36. The van der Waals surface area contributed by atoms with Crippen molar-refractivity contribution in [3.63, 3.8) is 0 Å². The minimum atomic E-state index is -0.354. The van der Waals surface area contributed by atoms with Crippen molar-refractivity contribution in [3.8, 4) is 11.3 Å². The third-order valence-corrected chi connectivity index (χ3v) is 4.44. The second kappa shape index (κ2) is 6.51. The Kier molecular flexibility index (Phi) is 4.05. The van der Waals surface area contributed by atoms with E-state index in [9.17, 15) is 9.18 Å². The topological polar surface area (TPSA) is 64.2 Å². The zero-order chi connectivity index (χ0) is 17.2. The van der Waals surface area contributed by atoms with Crippen LogP contribution in [0.2, 0.25) is 0 Å². The monoisotopic (exact) mass is 340 g/mol. The molecular weight excluding hydrogens is 323 g/mol. The molecular formula is C18H17FN4O2. The smallest absolute Gasteiger partial charge is 0.292 e. The zero-order valence-electron chi connectivity index (χ0n) is 13.5. The van der Waals surface area contributed by atoms with Gasteiger partial charge in [-0.05, 0) is 31.0 Å². The number of hydrogen-bond acceptors (Lipinski definition) is 4. The summed E-state index contributed by atoms with van der Waals surface area (Å²) in [5.74, 6) is -0.372. The van der Waals surface area contributed by atoms with Gasteiger partial charge in [0.2, 0.25) is 5.76 Å². The zero-order valence-corrected chi connectivity index (χ0v) is 13.5. The molecule has 7 heteroatoms. The summed E-state index contributed by atoms with van der Waals surface area (Å²) in [6.45, 7) is 1.34. The van der Waals surface area contributed by atoms with Crippen LogP contribution < -0.4 is 0 Å². The SMILES string of the molecule is O=C(c1cc(-c2cccc(F)c2)no1)N1CCC[C@@H]1Cn1cccn1. The summed E-state index contributed by atoms with van der Waals surface area (Å²) >= 11 is 0. The predicted molar refractivity (Wildman–Crippen MR) is 88.2 cm³/mol. The first-order valence-electron chi connectivity index (χ1n) is 8.22. The summed E-state index contributed by atoms with van der Waals surface area (Å²) in [5.41, 5.74) is 1.03. The van der Waals surface area contributed by atoms with Crippen molar-refractivity contribution in [1.29, 1.82) is 0 Å². The molecule has 1 aliphatic rings. The van der Waals surface area contributed by atoms with Crippen molar-refractivity contribution >= 4 is 5.91 Å². The van der Waals surface area contributed by atoms with Crippen LogP contribution in [0.15, 0.2) is 53.3 Å². The van der Waals surface area contributed by atoms with Gasteiger partial charge in [-0.2, -0.15) is 5.10 Å². The van der Waals surface area contributed by atoms with E-state index in [2.05, 4.69) is 10.3 Å². The van der Waals surface area contributed by atoms with Gasteiger partial charge in [-0.3, -0.25) is 9.48 Å². The highest BCUT2D eigenvalue weighted by Gasteiger charge is 2.32. The minimum Gasteiger partial charge on any atom is -0.350 e. The average molecular weight is 340 g/mol. The Balaban J connectivity index is 1.52. The van der Waals surface area contributed by atoms with E-state index in [-0.39, 0.29) is 23.5 Å². The number of aromatic nitrogens is 3. The van der Waals surface area contributed by atoms with Crippen molar-refractivity contribution < 1.29 is 13.7 Å². The van der Waals surface area contributed by atoms with Crippen LogP contribution in [-0.2, 0) is 6.54 Å². The molecule has 0 radical (unpaired) electrons. The third kappa shape index (κ3) is 3.17. The quantitative estimate of drug-likeness (QED) is 0.732. The van der Waals surface area contributed by atoms with Crippen LogP contribution in [0.1, 0.15) is 23.4 Å². The van der Waals surface area contributed by atoms with Gasteiger partial charge < -0.3 is 9.42 Å². The largest absolute Gasteiger partial charge is 0.350 e. The molecule has 0 saturated carbocycles. The summed E-state index contributed by atoms with van der Waals surface area (Å²) in [6.07, 6.45) is 5.49.